The summed E-state index contributed by atoms with van der Waals surface area (Å²) in [7, 11) is 0. The summed E-state index contributed by atoms with van der Waals surface area (Å²) in [6, 6.07) is 3.78. The topological polar surface area (TPSA) is 50.3 Å². The minimum atomic E-state index is -0.120. The summed E-state index contributed by atoms with van der Waals surface area (Å²) in [6.45, 7) is 4.27. The zero-order valence-corrected chi connectivity index (χ0v) is 9.49. The molecular weight excluding hydrogens is 204 g/mol. The second-order valence-corrected chi connectivity index (χ2v) is 4.07. The molecule has 0 N–H and O–H groups in total. The van der Waals surface area contributed by atoms with E-state index in [0.29, 0.717) is 13.0 Å². The molecule has 1 aromatic heterocycles. The molecule has 1 saturated heterocycles. The molecule has 0 bridgehead atoms. The smallest absolute Gasteiger partial charge is 0.234 e. The van der Waals surface area contributed by atoms with Crippen LogP contribution in [0.25, 0.3) is 0 Å². The fourth-order valence-corrected chi connectivity index (χ4v) is 1.93. The normalized spacial score (nSPS) is 16.8. The highest BCUT2D eigenvalue weighted by atomic mass is 16.2. The number of aromatic nitrogens is 1. The number of carbonyl (C=O) groups is 2. The summed E-state index contributed by atoms with van der Waals surface area (Å²) < 4.78 is 0. The summed E-state index contributed by atoms with van der Waals surface area (Å²) in [4.78, 5) is 28.8. The number of hydrogen-bond acceptors (Lipinski definition) is 3. The van der Waals surface area contributed by atoms with Gasteiger partial charge in [0.1, 0.15) is 5.78 Å². The summed E-state index contributed by atoms with van der Waals surface area (Å²) in [6.07, 6.45) is 0.465. The highest BCUT2D eigenvalue weighted by Gasteiger charge is 2.25. The minimum Gasteiger partial charge on any atom is -0.310 e. The van der Waals surface area contributed by atoms with Crippen molar-refractivity contribution in [1.29, 1.82) is 0 Å². The molecule has 84 valence electrons. The lowest BCUT2D eigenvalue weighted by Crippen LogP contribution is -2.39. The van der Waals surface area contributed by atoms with Crippen molar-refractivity contribution in [2.24, 2.45) is 0 Å². The van der Waals surface area contributed by atoms with Gasteiger partial charge in [0, 0.05) is 18.7 Å². The number of aryl methyl sites for hydroxylation is 2. The van der Waals surface area contributed by atoms with Crippen molar-refractivity contribution < 1.29 is 9.59 Å². The van der Waals surface area contributed by atoms with Crippen molar-refractivity contribution in [1.82, 2.24) is 4.98 Å². The SMILES string of the molecule is Cc1ccc(N2CCC(=O)CC2=O)c(C)n1. The Morgan fingerprint density at radius 1 is 1.25 bits per heavy atom. The van der Waals surface area contributed by atoms with E-state index in [1.165, 1.54) is 0 Å². The van der Waals surface area contributed by atoms with E-state index in [4.69, 9.17) is 0 Å². The van der Waals surface area contributed by atoms with Gasteiger partial charge in [-0.3, -0.25) is 14.6 Å². The molecule has 2 rings (SSSR count). The van der Waals surface area contributed by atoms with E-state index in [1.807, 2.05) is 26.0 Å². The van der Waals surface area contributed by atoms with Crippen LogP contribution in [0.1, 0.15) is 24.2 Å². The van der Waals surface area contributed by atoms with Crippen LogP contribution in [0.4, 0.5) is 5.69 Å². The maximum absolute atomic E-state index is 11.7. The molecule has 0 unspecified atom stereocenters. The Bertz CT molecular complexity index is 454. The zero-order valence-electron chi connectivity index (χ0n) is 9.49. The van der Waals surface area contributed by atoms with Gasteiger partial charge < -0.3 is 4.90 Å². The first-order valence-corrected chi connectivity index (χ1v) is 5.34. The zero-order chi connectivity index (χ0) is 11.7. The Morgan fingerprint density at radius 3 is 2.62 bits per heavy atom. The number of hydrogen-bond donors (Lipinski definition) is 0. The first-order valence-electron chi connectivity index (χ1n) is 5.34. The number of rotatable bonds is 1. The highest BCUT2D eigenvalue weighted by molar-refractivity contribution is 6.08. The van der Waals surface area contributed by atoms with Crippen molar-refractivity contribution >= 4 is 17.4 Å². The van der Waals surface area contributed by atoms with Crippen LogP contribution in [0.15, 0.2) is 12.1 Å². The molecule has 1 amide bonds. The summed E-state index contributed by atoms with van der Waals surface area (Å²) in [5.41, 5.74) is 2.59. The summed E-state index contributed by atoms with van der Waals surface area (Å²) >= 11 is 0. The number of nitrogens with zero attached hydrogens (tertiary/aromatic N) is 2. The van der Waals surface area contributed by atoms with E-state index in [2.05, 4.69) is 4.98 Å². The Kier molecular flexibility index (Phi) is 2.73. The highest BCUT2D eigenvalue weighted by Crippen LogP contribution is 2.22. The summed E-state index contributed by atoms with van der Waals surface area (Å²) in [5.74, 6) is -0.0935. The Morgan fingerprint density at radius 2 is 2.00 bits per heavy atom. The number of carbonyl (C=O) groups excluding carboxylic acids is 2. The molecule has 16 heavy (non-hydrogen) atoms. The van der Waals surface area contributed by atoms with Gasteiger partial charge in [0.2, 0.25) is 5.91 Å². The van der Waals surface area contributed by atoms with Crippen LogP contribution < -0.4 is 4.90 Å². The van der Waals surface area contributed by atoms with Crippen molar-refractivity contribution in [2.45, 2.75) is 26.7 Å². The van der Waals surface area contributed by atoms with Crippen LogP contribution in [0.2, 0.25) is 0 Å². The molecule has 0 aromatic carbocycles. The molecule has 0 radical (unpaired) electrons. The predicted octanol–water partition coefficient (Wildman–Crippen LogP) is 1.39. The van der Waals surface area contributed by atoms with Gasteiger partial charge in [-0.15, -0.1) is 0 Å². The van der Waals surface area contributed by atoms with E-state index in [-0.39, 0.29) is 18.1 Å². The molecule has 0 saturated carbocycles. The average Bonchev–Trinajstić information content (AvgIpc) is 2.19. The minimum absolute atomic E-state index is 0.0211. The number of ketones is 1. The Balaban J connectivity index is 2.30. The van der Waals surface area contributed by atoms with E-state index < -0.39 is 0 Å². The number of piperidine rings is 1. The van der Waals surface area contributed by atoms with Gasteiger partial charge in [-0.05, 0) is 26.0 Å². The molecule has 0 aliphatic carbocycles. The molecule has 1 fully saturated rings. The van der Waals surface area contributed by atoms with Gasteiger partial charge in [0.05, 0.1) is 17.8 Å². The number of amides is 1. The average molecular weight is 218 g/mol. The van der Waals surface area contributed by atoms with Gasteiger partial charge in [0.25, 0.3) is 0 Å². The maximum Gasteiger partial charge on any atom is 0.234 e. The second kappa shape index (κ2) is 4.04. The van der Waals surface area contributed by atoms with E-state index in [1.54, 1.807) is 4.90 Å². The molecule has 0 atom stereocenters. The third kappa shape index (κ3) is 1.96. The Labute approximate surface area is 94.3 Å². The molecule has 2 heterocycles. The van der Waals surface area contributed by atoms with Gasteiger partial charge in [-0.1, -0.05) is 0 Å². The van der Waals surface area contributed by atoms with Crippen molar-refractivity contribution in [3.63, 3.8) is 0 Å². The van der Waals surface area contributed by atoms with Crippen LogP contribution in [-0.4, -0.2) is 23.2 Å². The van der Waals surface area contributed by atoms with Crippen LogP contribution in [0.3, 0.4) is 0 Å². The molecule has 1 aromatic rings. The first kappa shape index (κ1) is 10.8. The lowest BCUT2D eigenvalue weighted by Gasteiger charge is -2.27. The van der Waals surface area contributed by atoms with Crippen LogP contribution in [0, 0.1) is 13.8 Å². The number of pyridine rings is 1. The van der Waals surface area contributed by atoms with Crippen LogP contribution in [0.5, 0.6) is 0 Å². The van der Waals surface area contributed by atoms with Crippen molar-refractivity contribution in [3.8, 4) is 0 Å². The van der Waals surface area contributed by atoms with Crippen LogP contribution >= 0.6 is 0 Å². The predicted molar refractivity (Wildman–Crippen MR) is 60.3 cm³/mol. The van der Waals surface area contributed by atoms with Crippen molar-refractivity contribution in [2.75, 3.05) is 11.4 Å². The van der Waals surface area contributed by atoms with Crippen LogP contribution in [-0.2, 0) is 9.59 Å². The van der Waals surface area contributed by atoms with Gasteiger partial charge in [0.15, 0.2) is 0 Å². The van der Waals surface area contributed by atoms with Gasteiger partial charge in [-0.25, -0.2) is 0 Å². The molecule has 1 aliphatic heterocycles. The lowest BCUT2D eigenvalue weighted by atomic mass is 10.1. The third-order valence-electron chi connectivity index (χ3n) is 2.75. The van der Waals surface area contributed by atoms with Gasteiger partial charge in [-0.2, -0.15) is 0 Å². The quantitative estimate of drug-likeness (QED) is 0.669. The Hall–Kier alpha value is -1.71. The molecular formula is C12H14N2O2. The fraction of sp³-hybridized carbons (Fsp3) is 0.417. The summed E-state index contributed by atoms with van der Waals surface area (Å²) in [5, 5.41) is 0. The molecule has 0 spiro atoms. The second-order valence-electron chi connectivity index (χ2n) is 4.07. The van der Waals surface area contributed by atoms with E-state index in [0.717, 1.165) is 17.1 Å². The molecule has 4 heteroatoms. The standard InChI is InChI=1S/C12H14N2O2/c1-8-3-4-11(9(2)13-8)14-6-5-10(15)7-12(14)16/h3-4H,5-7H2,1-2H3. The van der Waals surface area contributed by atoms with E-state index in [9.17, 15) is 9.59 Å². The lowest BCUT2D eigenvalue weighted by molar-refractivity contribution is -0.128. The monoisotopic (exact) mass is 218 g/mol. The number of Topliss-reactive ketones (excluding diaryl/α,β-unsaturated/α-hetero) is 1. The van der Waals surface area contributed by atoms with E-state index >= 15 is 0 Å². The number of anilines is 1. The maximum atomic E-state index is 11.7. The van der Waals surface area contributed by atoms with Gasteiger partial charge >= 0.3 is 0 Å². The third-order valence-corrected chi connectivity index (χ3v) is 2.75. The first-order chi connectivity index (χ1) is 7.58. The van der Waals surface area contributed by atoms with Crippen molar-refractivity contribution in [3.05, 3.63) is 23.5 Å². The molecule has 4 nitrogen and oxygen atoms in total. The largest absolute Gasteiger partial charge is 0.310 e. The molecule has 1 aliphatic rings. The fourth-order valence-electron chi connectivity index (χ4n) is 1.93.